The number of sulfonamides is 1. The molecule has 1 fully saturated rings. The third-order valence-corrected chi connectivity index (χ3v) is 9.49. The highest BCUT2D eigenvalue weighted by atomic mass is 32.2. The van der Waals surface area contributed by atoms with E-state index >= 15 is 0 Å². The normalized spacial score (nSPS) is 15.8. The van der Waals surface area contributed by atoms with Crippen LogP contribution in [0.5, 0.6) is 0 Å². The Bertz CT molecular complexity index is 1460. The van der Waals surface area contributed by atoms with E-state index in [1.165, 1.54) is 46.9 Å². The number of aromatic nitrogens is 5. The Morgan fingerprint density at radius 2 is 1.84 bits per heavy atom. The number of thiophene rings is 1. The number of aryl methyl sites for hydroxylation is 2. The molecule has 13 heteroatoms. The molecular weight excluding hydrogens is 456 g/mol. The van der Waals surface area contributed by atoms with Gasteiger partial charge in [-0.2, -0.15) is 10.2 Å². The summed E-state index contributed by atoms with van der Waals surface area (Å²) in [6.45, 7) is 7.99. The summed E-state index contributed by atoms with van der Waals surface area (Å²) >= 11 is 1.20. The molecular formula is C19H24N6O5S2. The van der Waals surface area contributed by atoms with Crippen LogP contribution in [-0.2, 0) is 26.9 Å². The molecule has 1 N–H and O–H groups in total. The zero-order valence-corrected chi connectivity index (χ0v) is 20.0. The SMILES string of the molecule is CCn1c(=O)n(C(C)(C)C(=O)NS(=O)(=O)C2(C)CC2)c(=O)c2c(C)c(-n3nccn3)sc21. The Kier molecular flexibility index (Phi) is 4.97. The van der Waals surface area contributed by atoms with E-state index in [2.05, 4.69) is 14.9 Å². The number of fused-ring (bicyclic) bond motifs is 1. The molecule has 0 spiro atoms. The highest BCUT2D eigenvalue weighted by Crippen LogP contribution is 2.42. The fourth-order valence-corrected chi connectivity index (χ4v) is 6.19. The van der Waals surface area contributed by atoms with Gasteiger partial charge in [0.2, 0.25) is 10.0 Å². The molecule has 3 heterocycles. The predicted molar refractivity (Wildman–Crippen MR) is 120 cm³/mol. The number of hydrogen-bond donors (Lipinski definition) is 1. The molecule has 1 aliphatic carbocycles. The molecule has 3 aromatic rings. The topological polar surface area (TPSA) is 138 Å². The van der Waals surface area contributed by atoms with Crippen molar-refractivity contribution in [1.29, 1.82) is 0 Å². The summed E-state index contributed by atoms with van der Waals surface area (Å²) in [5.41, 5.74) is -2.55. The Labute approximate surface area is 187 Å². The molecule has 0 aromatic carbocycles. The molecule has 1 aliphatic rings. The highest BCUT2D eigenvalue weighted by Gasteiger charge is 2.52. The van der Waals surface area contributed by atoms with E-state index in [-0.39, 0.29) is 11.9 Å². The summed E-state index contributed by atoms with van der Waals surface area (Å²) in [4.78, 5) is 41.7. The van der Waals surface area contributed by atoms with E-state index in [9.17, 15) is 22.8 Å². The van der Waals surface area contributed by atoms with Crippen LogP contribution >= 0.6 is 11.3 Å². The van der Waals surface area contributed by atoms with E-state index in [1.54, 1.807) is 20.8 Å². The number of hydrogen-bond acceptors (Lipinski definition) is 8. The monoisotopic (exact) mass is 480 g/mol. The van der Waals surface area contributed by atoms with Gasteiger partial charge in [0.25, 0.3) is 11.5 Å². The average molecular weight is 481 g/mol. The maximum absolute atomic E-state index is 13.5. The van der Waals surface area contributed by atoms with Crippen molar-refractivity contribution in [2.24, 2.45) is 0 Å². The van der Waals surface area contributed by atoms with Gasteiger partial charge in [0.15, 0.2) is 0 Å². The fourth-order valence-electron chi connectivity index (χ4n) is 3.53. The third kappa shape index (κ3) is 3.13. The first-order valence-electron chi connectivity index (χ1n) is 10.1. The number of carbonyl (C=O) groups excluding carboxylic acids is 1. The van der Waals surface area contributed by atoms with Crippen LogP contribution in [0.25, 0.3) is 15.2 Å². The molecule has 0 bridgehead atoms. The lowest BCUT2D eigenvalue weighted by molar-refractivity contribution is -0.126. The molecule has 1 saturated carbocycles. The number of nitrogens with zero attached hydrogens (tertiary/aromatic N) is 5. The minimum atomic E-state index is -3.94. The minimum Gasteiger partial charge on any atom is -0.285 e. The molecule has 0 unspecified atom stereocenters. The van der Waals surface area contributed by atoms with Crippen LogP contribution in [0.15, 0.2) is 22.0 Å². The zero-order valence-electron chi connectivity index (χ0n) is 18.4. The van der Waals surface area contributed by atoms with Gasteiger partial charge in [-0.05, 0) is 47.5 Å². The van der Waals surface area contributed by atoms with Crippen molar-refractivity contribution in [3.63, 3.8) is 0 Å². The summed E-state index contributed by atoms with van der Waals surface area (Å²) in [6.07, 6.45) is 3.90. The lowest BCUT2D eigenvalue weighted by atomic mass is 10.0. The predicted octanol–water partition coefficient (Wildman–Crippen LogP) is 0.867. The Balaban J connectivity index is 1.92. The summed E-state index contributed by atoms with van der Waals surface area (Å²) in [5.74, 6) is -0.936. The largest absolute Gasteiger partial charge is 0.333 e. The first-order valence-corrected chi connectivity index (χ1v) is 12.4. The number of nitrogens with one attached hydrogen (secondary N) is 1. The quantitative estimate of drug-likeness (QED) is 0.552. The molecule has 3 aromatic heterocycles. The van der Waals surface area contributed by atoms with Crippen LogP contribution in [0, 0.1) is 6.92 Å². The van der Waals surface area contributed by atoms with Crippen molar-refractivity contribution < 1.29 is 13.2 Å². The first-order chi connectivity index (χ1) is 14.9. The summed E-state index contributed by atoms with van der Waals surface area (Å²) < 4.78 is 28.5. The maximum atomic E-state index is 13.5. The third-order valence-electron chi connectivity index (χ3n) is 6.05. The summed E-state index contributed by atoms with van der Waals surface area (Å²) in [6, 6.07) is 0. The molecule has 0 radical (unpaired) electrons. The van der Waals surface area contributed by atoms with Crippen molar-refractivity contribution in [3.05, 3.63) is 38.8 Å². The van der Waals surface area contributed by atoms with Crippen LogP contribution in [0.4, 0.5) is 0 Å². The zero-order chi connectivity index (χ0) is 23.6. The van der Waals surface area contributed by atoms with E-state index in [1.807, 2.05) is 0 Å². The van der Waals surface area contributed by atoms with Gasteiger partial charge in [0.1, 0.15) is 15.4 Å². The van der Waals surface area contributed by atoms with Crippen molar-refractivity contribution in [3.8, 4) is 5.00 Å². The van der Waals surface area contributed by atoms with Gasteiger partial charge in [-0.25, -0.2) is 17.8 Å². The standard InChI is InChI=1S/C19H24N6O5S2/c1-6-23-15-12(11(2)14(31-15)25-20-9-10-21-25)13(26)24(17(23)28)18(3,4)16(27)22-32(29,30)19(5)7-8-19/h9-10H,6-8H2,1-5H3,(H,22,27). The van der Waals surface area contributed by atoms with Gasteiger partial charge in [-0.3, -0.25) is 18.9 Å². The minimum absolute atomic E-state index is 0.246. The molecule has 11 nitrogen and oxygen atoms in total. The van der Waals surface area contributed by atoms with E-state index < -0.39 is 37.5 Å². The van der Waals surface area contributed by atoms with E-state index in [4.69, 9.17) is 0 Å². The Morgan fingerprint density at radius 3 is 2.38 bits per heavy atom. The van der Waals surface area contributed by atoms with Gasteiger partial charge >= 0.3 is 5.69 Å². The smallest absolute Gasteiger partial charge is 0.285 e. The Hall–Kier alpha value is -2.80. The van der Waals surface area contributed by atoms with Crippen LogP contribution in [0.2, 0.25) is 0 Å². The van der Waals surface area contributed by atoms with Crippen LogP contribution < -0.4 is 16.0 Å². The van der Waals surface area contributed by atoms with E-state index in [0.717, 1.165) is 4.57 Å². The molecule has 1 amide bonds. The second-order valence-corrected chi connectivity index (χ2v) is 11.8. The summed E-state index contributed by atoms with van der Waals surface area (Å²) in [7, 11) is -3.94. The van der Waals surface area contributed by atoms with Crippen LogP contribution in [0.1, 0.15) is 46.1 Å². The van der Waals surface area contributed by atoms with E-state index in [0.29, 0.717) is 28.2 Å². The maximum Gasteiger partial charge on any atom is 0.333 e. The van der Waals surface area contributed by atoms with Crippen LogP contribution in [0.3, 0.4) is 0 Å². The van der Waals surface area contributed by atoms with Crippen molar-refractivity contribution in [2.45, 2.75) is 64.3 Å². The lowest BCUT2D eigenvalue weighted by Gasteiger charge is -2.27. The van der Waals surface area contributed by atoms with Crippen molar-refractivity contribution in [2.75, 3.05) is 0 Å². The van der Waals surface area contributed by atoms with Gasteiger partial charge in [0, 0.05) is 12.1 Å². The number of carbonyl (C=O) groups is 1. The van der Waals surface area contributed by atoms with Crippen molar-refractivity contribution >= 4 is 37.5 Å². The molecule has 0 atom stereocenters. The molecule has 4 rings (SSSR count). The summed E-state index contributed by atoms with van der Waals surface area (Å²) in [5, 5.41) is 9.06. The number of amides is 1. The fraction of sp³-hybridized carbons (Fsp3) is 0.526. The number of rotatable bonds is 6. The average Bonchev–Trinajstić information content (AvgIpc) is 3.12. The second-order valence-electron chi connectivity index (χ2n) is 8.64. The highest BCUT2D eigenvalue weighted by molar-refractivity contribution is 7.91. The second kappa shape index (κ2) is 7.10. The van der Waals surface area contributed by atoms with Gasteiger partial charge in [0.05, 0.1) is 22.5 Å². The first kappa shape index (κ1) is 22.4. The Morgan fingerprint density at radius 1 is 1.25 bits per heavy atom. The van der Waals surface area contributed by atoms with Crippen molar-refractivity contribution in [1.82, 2.24) is 28.9 Å². The molecule has 32 heavy (non-hydrogen) atoms. The van der Waals surface area contributed by atoms with Gasteiger partial charge < -0.3 is 0 Å². The molecule has 0 aliphatic heterocycles. The van der Waals surface area contributed by atoms with Gasteiger partial charge in [-0.1, -0.05) is 11.3 Å². The molecule has 172 valence electrons. The van der Waals surface area contributed by atoms with Crippen LogP contribution in [-0.4, -0.2) is 43.2 Å². The van der Waals surface area contributed by atoms with Gasteiger partial charge in [-0.15, -0.1) is 4.80 Å². The lowest BCUT2D eigenvalue weighted by Crippen LogP contribution is -2.57. The molecule has 0 saturated heterocycles.